The summed E-state index contributed by atoms with van der Waals surface area (Å²) in [5.74, 6) is 0. The highest BCUT2D eigenvalue weighted by Crippen LogP contribution is 2.25. The predicted molar refractivity (Wildman–Crippen MR) is 71.2 cm³/mol. The van der Waals surface area contributed by atoms with E-state index in [4.69, 9.17) is 0 Å². The van der Waals surface area contributed by atoms with Crippen LogP contribution in [0.15, 0.2) is 18.2 Å². The maximum Gasteiger partial charge on any atom is 0.0396 e. The molecule has 0 atom stereocenters. The molecule has 0 unspecified atom stereocenters. The summed E-state index contributed by atoms with van der Waals surface area (Å²) in [6.45, 7) is 7.00. The third kappa shape index (κ3) is 2.58. The molecule has 88 valence electrons. The zero-order valence-electron chi connectivity index (χ0n) is 10.6. The van der Waals surface area contributed by atoms with Crippen molar-refractivity contribution in [1.82, 2.24) is 0 Å². The molecule has 0 aliphatic carbocycles. The zero-order valence-corrected chi connectivity index (χ0v) is 10.6. The van der Waals surface area contributed by atoms with Gasteiger partial charge in [-0.2, -0.15) is 0 Å². The number of benzene rings is 1. The molecule has 1 aliphatic rings. The average molecular weight is 217 g/mol. The summed E-state index contributed by atoms with van der Waals surface area (Å²) in [7, 11) is 0. The molecule has 1 aromatic carbocycles. The normalized spacial score (nSPS) is 15.8. The van der Waals surface area contributed by atoms with Crippen molar-refractivity contribution >= 4 is 5.69 Å². The van der Waals surface area contributed by atoms with Gasteiger partial charge in [0.2, 0.25) is 0 Å². The Hall–Kier alpha value is -0.980. The van der Waals surface area contributed by atoms with E-state index in [0.717, 1.165) is 0 Å². The number of hydrogen-bond acceptors (Lipinski definition) is 1. The van der Waals surface area contributed by atoms with E-state index in [9.17, 15) is 0 Å². The molecule has 0 bridgehead atoms. The lowest BCUT2D eigenvalue weighted by Gasteiger charge is -2.20. The van der Waals surface area contributed by atoms with Gasteiger partial charge in [0.05, 0.1) is 0 Å². The summed E-state index contributed by atoms with van der Waals surface area (Å²) < 4.78 is 0. The Balaban J connectivity index is 2.09. The molecule has 0 amide bonds. The van der Waals surface area contributed by atoms with E-state index in [2.05, 4.69) is 36.9 Å². The van der Waals surface area contributed by atoms with Crippen LogP contribution in [-0.2, 0) is 6.42 Å². The summed E-state index contributed by atoms with van der Waals surface area (Å²) in [4.78, 5) is 2.53. The summed E-state index contributed by atoms with van der Waals surface area (Å²) in [6.07, 6.45) is 6.54. The van der Waals surface area contributed by atoms with Crippen molar-refractivity contribution in [1.29, 1.82) is 0 Å². The summed E-state index contributed by atoms with van der Waals surface area (Å²) >= 11 is 0. The SMILES string of the molecule is CCCCc1ccc(N2CCCC2)c(C)c1. The third-order valence-corrected chi connectivity index (χ3v) is 3.53. The minimum Gasteiger partial charge on any atom is -0.371 e. The van der Waals surface area contributed by atoms with Gasteiger partial charge in [-0.25, -0.2) is 0 Å². The van der Waals surface area contributed by atoms with Gasteiger partial charge in [-0.15, -0.1) is 0 Å². The van der Waals surface area contributed by atoms with Gasteiger partial charge in [0.15, 0.2) is 0 Å². The van der Waals surface area contributed by atoms with E-state index in [1.165, 1.54) is 62.0 Å². The van der Waals surface area contributed by atoms with Crippen LogP contribution in [0.4, 0.5) is 5.69 Å². The maximum absolute atomic E-state index is 2.53. The fraction of sp³-hybridized carbons (Fsp3) is 0.600. The van der Waals surface area contributed by atoms with Gasteiger partial charge in [0.25, 0.3) is 0 Å². The quantitative estimate of drug-likeness (QED) is 0.738. The van der Waals surface area contributed by atoms with E-state index in [-0.39, 0.29) is 0 Å². The molecule has 1 aliphatic heterocycles. The Kier molecular flexibility index (Phi) is 3.87. The first-order valence-electron chi connectivity index (χ1n) is 6.65. The molecule has 1 heteroatoms. The molecule has 1 nitrogen and oxygen atoms in total. The van der Waals surface area contributed by atoms with Crippen LogP contribution >= 0.6 is 0 Å². The lowest BCUT2D eigenvalue weighted by Crippen LogP contribution is -2.18. The van der Waals surface area contributed by atoms with Gasteiger partial charge in [-0.05, 0) is 49.8 Å². The molecular weight excluding hydrogens is 194 g/mol. The smallest absolute Gasteiger partial charge is 0.0396 e. The molecule has 16 heavy (non-hydrogen) atoms. The molecule has 1 saturated heterocycles. The van der Waals surface area contributed by atoms with E-state index < -0.39 is 0 Å². The molecule has 1 fully saturated rings. The Bertz CT molecular complexity index is 337. The number of hydrogen-bond donors (Lipinski definition) is 0. The van der Waals surface area contributed by atoms with Crippen LogP contribution in [0, 0.1) is 6.92 Å². The highest BCUT2D eigenvalue weighted by molar-refractivity contribution is 5.55. The van der Waals surface area contributed by atoms with Gasteiger partial charge in [-0.3, -0.25) is 0 Å². The Morgan fingerprint density at radius 2 is 1.94 bits per heavy atom. The Morgan fingerprint density at radius 3 is 2.56 bits per heavy atom. The van der Waals surface area contributed by atoms with Crippen LogP contribution in [0.3, 0.4) is 0 Å². The molecule has 0 aromatic heterocycles. The Labute approximate surface area is 99.5 Å². The van der Waals surface area contributed by atoms with Crippen LogP contribution in [0.25, 0.3) is 0 Å². The third-order valence-electron chi connectivity index (χ3n) is 3.53. The van der Waals surface area contributed by atoms with Crippen LogP contribution in [0.1, 0.15) is 43.7 Å². The number of aryl methyl sites for hydroxylation is 2. The molecule has 0 saturated carbocycles. The molecule has 0 spiro atoms. The van der Waals surface area contributed by atoms with Crippen molar-refractivity contribution in [2.45, 2.75) is 46.0 Å². The lowest BCUT2D eigenvalue weighted by molar-refractivity contribution is 0.794. The molecule has 2 rings (SSSR count). The summed E-state index contributed by atoms with van der Waals surface area (Å²) in [6, 6.07) is 7.02. The molecule has 0 N–H and O–H groups in total. The zero-order chi connectivity index (χ0) is 11.4. The van der Waals surface area contributed by atoms with Crippen LogP contribution in [-0.4, -0.2) is 13.1 Å². The molecule has 0 radical (unpaired) electrons. The van der Waals surface area contributed by atoms with Gasteiger partial charge in [0, 0.05) is 18.8 Å². The van der Waals surface area contributed by atoms with Crippen molar-refractivity contribution in [3.63, 3.8) is 0 Å². The maximum atomic E-state index is 2.53. The molecule has 1 aromatic rings. The molecule has 1 heterocycles. The summed E-state index contributed by atoms with van der Waals surface area (Å²) in [5, 5.41) is 0. The van der Waals surface area contributed by atoms with Crippen molar-refractivity contribution in [2.24, 2.45) is 0 Å². The second kappa shape index (κ2) is 5.38. The standard InChI is InChI=1S/C15H23N/c1-3-4-7-14-8-9-15(13(2)12-14)16-10-5-6-11-16/h8-9,12H,3-7,10-11H2,1-2H3. The number of nitrogens with zero attached hydrogens (tertiary/aromatic N) is 1. The first kappa shape index (κ1) is 11.5. The van der Waals surface area contributed by atoms with Crippen molar-refractivity contribution in [3.05, 3.63) is 29.3 Å². The van der Waals surface area contributed by atoms with Crippen LogP contribution < -0.4 is 4.90 Å². The van der Waals surface area contributed by atoms with Crippen molar-refractivity contribution in [3.8, 4) is 0 Å². The second-order valence-electron chi connectivity index (χ2n) is 4.92. The number of anilines is 1. The van der Waals surface area contributed by atoms with E-state index in [1.807, 2.05) is 0 Å². The fourth-order valence-electron chi connectivity index (χ4n) is 2.57. The second-order valence-corrected chi connectivity index (χ2v) is 4.92. The first-order chi connectivity index (χ1) is 7.81. The number of rotatable bonds is 4. The topological polar surface area (TPSA) is 3.24 Å². The fourth-order valence-corrected chi connectivity index (χ4v) is 2.57. The highest BCUT2D eigenvalue weighted by Gasteiger charge is 2.13. The number of unbranched alkanes of at least 4 members (excludes halogenated alkanes) is 1. The van der Waals surface area contributed by atoms with Crippen molar-refractivity contribution < 1.29 is 0 Å². The van der Waals surface area contributed by atoms with E-state index in [1.54, 1.807) is 0 Å². The van der Waals surface area contributed by atoms with Gasteiger partial charge in [-0.1, -0.05) is 25.5 Å². The summed E-state index contributed by atoms with van der Waals surface area (Å²) in [5.41, 5.74) is 4.41. The minimum absolute atomic E-state index is 1.23. The predicted octanol–water partition coefficient (Wildman–Crippen LogP) is 3.94. The van der Waals surface area contributed by atoms with Crippen LogP contribution in [0.2, 0.25) is 0 Å². The highest BCUT2D eigenvalue weighted by atomic mass is 15.1. The Morgan fingerprint density at radius 1 is 1.19 bits per heavy atom. The minimum atomic E-state index is 1.23. The van der Waals surface area contributed by atoms with Gasteiger partial charge in [0.1, 0.15) is 0 Å². The molecular formula is C15H23N. The monoisotopic (exact) mass is 217 g/mol. The van der Waals surface area contributed by atoms with Crippen LogP contribution in [0.5, 0.6) is 0 Å². The van der Waals surface area contributed by atoms with Gasteiger partial charge >= 0.3 is 0 Å². The van der Waals surface area contributed by atoms with E-state index in [0.29, 0.717) is 0 Å². The largest absolute Gasteiger partial charge is 0.371 e. The average Bonchev–Trinajstić information content (AvgIpc) is 2.80. The lowest BCUT2D eigenvalue weighted by atomic mass is 10.0. The van der Waals surface area contributed by atoms with E-state index >= 15 is 0 Å². The van der Waals surface area contributed by atoms with Crippen molar-refractivity contribution in [2.75, 3.05) is 18.0 Å². The first-order valence-corrected chi connectivity index (χ1v) is 6.65. The van der Waals surface area contributed by atoms with Gasteiger partial charge < -0.3 is 4.90 Å².